The lowest BCUT2D eigenvalue weighted by molar-refractivity contribution is 0.0844. The standard InChI is InChI=1S/C14H24N2O2/c1-5-14(6-2,10-17)9-15-13(18)12-8-7-11(3)16(12)4/h7-8,17H,5-6,9-10H2,1-4H3,(H,15,18). The molecule has 0 aliphatic rings. The van der Waals surface area contributed by atoms with Gasteiger partial charge < -0.3 is 15.0 Å². The van der Waals surface area contributed by atoms with E-state index in [1.54, 1.807) is 0 Å². The average molecular weight is 252 g/mol. The Morgan fingerprint density at radius 2 is 2.00 bits per heavy atom. The van der Waals surface area contributed by atoms with Crippen molar-refractivity contribution in [3.63, 3.8) is 0 Å². The summed E-state index contributed by atoms with van der Waals surface area (Å²) in [5.41, 5.74) is 1.52. The number of aryl methyl sites for hydroxylation is 1. The average Bonchev–Trinajstić information content (AvgIpc) is 2.72. The maximum atomic E-state index is 12.1. The predicted octanol–water partition coefficient (Wildman–Crippen LogP) is 1.86. The first-order valence-corrected chi connectivity index (χ1v) is 6.51. The Morgan fingerprint density at radius 3 is 2.39 bits per heavy atom. The van der Waals surface area contributed by atoms with Crippen LogP contribution < -0.4 is 5.32 Å². The zero-order chi connectivity index (χ0) is 13.8. The van der Waals surface area contributed by atoms with Gasteiger partial charge in [0.2, 0.25) is 0 Å². The highest BCUT2D eigenvalue weighted by molar-refractivity contribution is 5.92. The van der Waals surface area contributed by atoms with E-state index in [4.69, 9.17) is 0 Å². The summed E-state index contributed by atoms with van der Waals surface area (Å²) < 4.78 is 1.87. The van der Waals surface area contributed by atoms with Gasteiger partial charge in [-0.3, -0.25) is 4.79 Å². The van der Waals surface area contributed by atoms with E-state index in [1.807, 2.05) is 44.5 Å². The third kappa shape index (κ3) is 2.93. The molecule has 0 radical (unpaired) electrons. The minimum Gasteiger partial charge on any atom is -0.396 e. The van der Waals surface area contributed by atoms with Crippen LogP contribution in [0.3, 0.4) is 0 Å². The molecule has 1 aromatic heterocycles. The number of nitrogens with zero attached hydrogens (tertiary/aromatic N) is 1. The van der Waals surface area contributed by atoms with Crippen molar-refractivity contribution in [1.82, 2.24) is 9.88 Å². The van der Waals surface area contributed by atoms with Crippen molar-refractivity contribution in [1.29, 1.82) is 0 Å². The first kappa shape index (κ1) is 14.8. The number of nitrogens with one attached hydrogen (secondary N) is 1. The normalized spacial score (nSPS) is 11.6. The molecule has 4 nitrogen and oxygen atoms in total. The van der Waals surface area contributed by atoms with Gasteiger partial charge in [0.25, 0.3) is 5.91 Å². The SMILES string of the molecule is CCC(CC)(CO)CNC(=O)c1ccc(C)n1C. The second-order valence-corrected chi connectivity index (χ2v) is 4.97. The minimum absolute atomic E-state index is 0.0784. The van der Waals surface area contributed by atoms with Gasteiger partial charge in [-0.15, -0.1) is 0 Å². The van der Waals surface area contributed by atoms with Crippen LogP contribution in [0, 0.1) is 12.3 Å². The molecule has 0 unspecified atom stereocenters. The molecule has 1 amide bonds. The summed E-state index contributed by atoms with van der Waals surface area (Å²) in [6, 6.07) is 3.75. The van der Waals surface area contributed by atoms with E-state index >= 15 is 0 Å². The maximum Gasteiger partial charge on any atom is 0.267 e. The molecule has 0 aliphatic carbocycles. The molecule has 0 atom stereocenters. The Bertz CT molecular complexity index is 398. The summed E-state index contributed by atoms with van der Waals surface area (Å²) in [4.78, 5) is 12.1. The fraction of sp³-hybridized carbons (Fsp3) is 0.643. The Morgan fingerprint density at radius 1 is 1.39 bits per heavy atom. The molecule has 0 spiro atoms. The van der Waals surface area contributed by atoms with Gasteiger partial charge in [-0.1, -0.05) is 13.8 Å². The second-order valence-electron chi connectivity index (χ2n) is 4.97. The number of hydrogen-bond acceptors (Lipinski definition) is 2. The molecule has 0 aliphatic heterocycles. The highest BCUT2D eigenvalue weighted by Gasteiger charge is 2.26. The predicted molar refractivity (Wildman–Crippen MR) is 72.6 cm³/mol. The number of carbonyl (C=O) groups excluding carboxylic acids is 1. The Hall–Kier alpha value is -1.29. The van der Waals surface area contributed by atoms with E-state index in [1.165, 1.54) is 0 Å². The molecule has 0 saturated heterocycles. The van der Waals surface area contributed by atoms with Crippen molar-refractivity contribution in [2.24, 2.45) is 12.5 Å². The smallest absolute Gasteiger partial charge is 0.267 e. The Labute approximate surface area is 109 Å². The van der Waals surface area contributed by atoms with Crippen LogP contribution in [0.5, 0.6) is 0 Å². The summed E-state index contributed by atoms with van der Waals surface area (Å²) in [7, 11) is 1.88. The molecule has 0 fully saturated rings. The Kier molecular flexibility index (Phi) is 4.96. The van der Waals surface area contributed by atoms with Crippen molar-refractivity contribution < 1.29 is 9.90 Å². The number of aliphatic hydroxyl groups is 1. The van der Waals surface area contributed by atoms with E-state index in [0.29, 0.717) is 12.2 Å². The lowest BCUT2D eigenvalue weighted by Gasteiger charge is -2.29. The van der Waals surface area contributed by atoms with Crippen LogP contribution >= 0.6 is 0 Å². The van der Waals surface area contributed by atoms with Gasteiger partial charge >= 0.3 is 0 Å². The molecule has 1 heterocycles. The molecule has 102 valence electrons. The molecule has 18 heavy (non-hydrogen) atoms. The van der Waals surface area contributed by atoms with Crippen molar-refractivity contribution in [3.8, 4) is 0 Å². The van der Waals surface area contributed by atoms with Crippen molar-refractivity contribution in [2.75, 3.05) is 13.2 Å². The number of amides is 1. The lowest BCUT2D eigenvalue weighted by Crippen LogP contribution is -2.39. The van der Waals surface area contributed by atoms with Gasteiger partial charge in [0.05, 0.1) is 6.61 Å². The first-order valence-electron chi connectivity index (χ1n) is 6.51. The van der Waals surface area contributed by atoms with Gasteiger partial charge in [0.15, 0.2) is 0 Å². The van der Waals surface area contributed by atoms with E-state index in [2.05, 4.69) is 5.32 Å². The Balaban J connectivity index is 2.69. The van der Waals surface area contributed by atoms with Crippen LogP contribution in [0.25, 0.3) is 0 Å². The number of carbonyl (C=O) groups is 1. The highest BCUT2D eigenvalue weighted by Crippen LogP contribution is 2.24. The van der Waals surface area contributed by atoms with Crippen LogP contribution in [-0.2, 0) is 7.05 Å². The van der Waals surface area contributed by atoms with E-state index in [9.17, 15) is 9.90 Å². The molecular weight excluding hydrogens is 228 g/mol. The fourth-order valence-electron chi connectivity index (χ4n) is 1.98. The topological polar surface area (TPSA) is 54.3 Å². The highest BCUT2D eigenvalue weighted by atomic mass is 16.3. The van der Waals surface area contributed by atoms with Gasteiger partial charge in [0, 0.05) is 24.7 Å². The molecular formula is C14H24N2O2. The largest absolute Gasteiger partial charge is 0.396 e. The van der Waals surface area contributed by atoms with E-state index in [0.717, 1.165) is 18.5 Å². The maximum absolute atomic E-state index is 12.1. The number of hydrogen-bond donors (Lipinski definition) is 2. The van der Waals surface area contributed by atoms with Gasteiger partial charge in [-0.2, -0.15) is 0 Å². The van der Waals surface area contributed by atoms with Gasteiger partial charge in [-0.05, 0) is 31.9 Å². The lowest BCUT2D eigenvalue weighted by atomic mass is 9.83. The zero-order valence-electron chi connectivity index (χ0n) is 11.8. The monoisotopic (exact) mass is 252 g/mol. The molecule has 4 heteroatoms. The fourth-order valence-corrected chi connectivity index (χ4v) is 1.98. The number of aromatic nitrogens is 1. The molecule has 2 N–H and O–H groups in total. The molecule has 1 rings (SSSR count). The van der Waals surface area contributed by atoms with E-state index < -0.39 is 0 Å². The number of rotatable bonds is 6. The van der Waals surface area contributed by atoms with Crippen LogP contribution in [0.15, 0.2) is 12.1 Å². The van der Waals surface area contributed by atoms with Crippen LogP contribution in [-0.4, -0.2) is 28.7 Å². The summed E-state index contributed by atoms with van der Waals surface area (Å²) in [5, 5.41) is 12.4. The van der Waals surface area contributed by atoms with Crippen LogP contribution in [0.1, 0.15) is 42.9 Å². The minimum atomic E-state index is -0.199. The summed E-state index contributed by atoms with van der Waals surface area (Å²) in [6.07, 6.45) is 1.71. The summed E-state index contributed by atoms with van der Waals surface area (Å²) in [6.45, 7) is 6.66. The number of aliphatic hydroxyl groups excluding tert-OH is 1. The molecule has 0 aromatic carbocycles. The third-order valence-electron chi connectivity index (χ3n) is 4.06. The zero-order valence-corrected chi connectivity index (χ0v) is 11.8. The summed E-state index contributed by atoms with van der Waals surface area (Å²) >= 11 is 0. The van der Waals surface area contributed by atoms with Crippen LogP contribution in [0.2, 0.25) is 0 Å². The molecule has 0 bridgehead atoms. The van der Waals surface area contributed by atoms with Gasteiger partial charge in [0.1, 0.15) is 5.69 Å². The third-order valence-corrected chi connectivity index (χ3v) is 4.06. The second kappa shape index (κ2) is 6.05. The van der Waals surface area contributed by atoms with Crippen molar-refractivity contribution in [3.05, 3.63) is 23.5 Å². The van der Waals surface area contributed by atoms with Crippen molar-refractivity contribution in [2.45, 2.75) is 33.6 Å². The first-order chi connectivity index (χ1) is 8.49. The summed E-state index contributed by atoms with van der Waals surface area (Å²) in [5.74, 6) is -0.0784. The molecule has 1 aromatic rings. The van der Waals surface area contributed by atoms with Crippen LogP contribution in [0.4, 0.5) is 0 Å². The quantitative estimate of drug-likeness (QED) is 0.812. The van der Waals surface area contributed by atoms with Gasteiger partial charge in [-0.25, -0.2) is 0 Å². The van der Waals surface area contributed by atoms with Crippen molar-refractivity contribution >= 4 is 5.91 Å². The molecule has 0 saturated carbocycles. The van der Waals surface area contributed by atoms with E-state index in [-0.39, 0.29) is 17.9 Å².